The molecule has 3 nitrogen and oxygen atoms in total. The van der Waals surface area contributed by atoms with Gasteiger partial charge >= 0.3 is 0 Å². The topological polar surface area (TPSA) is 55.1 Å². The summed E-state index contributed by atoms with van der Waals surface area (Å²) < 4.78 is 0. The first-order valence-electron chi connectivity index (χ1n) is 7.26. The van der Waals surface area contributed by atoms with Crippen molar-refractivity contribution < 1.29 is 4.79 Å². The zero-order valence-corrected chi connectivity index (χ0v) is 11.5. The monoisotopic (exact) mass is 258 g/mol. The Morgan fingerprint density at radius 3 is 2.95 bits per heavy atom. The third kappa shape index (κ3) is 2.06. The lowest BCUT2D eigenvalue weighted by Gasteiger charge is -2.46. The molecule has 1 aliphatic heterocycles. The predicted molar refractivity (Wildman–Crippen MR) is 76.2 cm³/mol. The molecule has 3 heteroatoms. The molecular weight excluding hydrogens is 236 g/mol. The molecule has 3 rings (SSSR count). The van der Waals surface area contributed by atoms with Gasteiger partial charge in [0.1, 0.15) is 0 Å². The molecule has 1 aromatic rings. The molecular formula is C16H22N2O. The summed E-state index contributed by atoms with van der Waals surface area (Å²) in [5.74, 6) is 0.237. The quantitative estimate of drug-likeness (QED) is 0.811. The summed E-state index contributed by atoms with van der Waals surface area (Å²) >= 11 is 0. The molecule has 1 fully saturated rings. The lowest BCUT2D eigenvalue weighted by molar-refractivity contribution is 0.1000. The van der Waals surface area contributed by atoms with E-state index in [1.54, 1.807) is 0 Å². The molecule has 3 N–H and O–H groups in total. The number of hydrogen-bond donors (Lipinski definition) is 2. The highest BCUT2D eigenvalue weighted by molar-refractivity contribution is 5.93. The Hall–Kier alpha value is -1.35. The number of rotatable bonds is 1. The van der Waals surface area contributed by atoms with Crippen molar-refractivity contribution in [3.8, 4) is 0 Å². The summed E-state index contributed by atoms with van der Waals surface area (Å²) in [4.78, 5) is 11.3. The van der Waals surface area contributed by atoms with Gasteiger partial charge in [-0.15, -0.1) is 0 Å². The SMILES string of the molecule is CC1c2ccc(C(N)=O)cc2CCC12CCCNC2. The van der Waals surface area contributed by atoms with Gasteiger partial charge in [-0.3, -0.25) is 4.79 Å². The van der Waals surface area contributed by atoms with Crippen molar-refractivity contribution in [2.45, 2.75) is 38.5 Å². The maximum absolute atomic E-state index is 11.3. The molecule has 1 aliphatic carbocycles. The Balaban J connectivity index is 1.95. The first-order chi connectivity index (χ1) is 9.12. The minimum atomic E-state index is -0.324. The minimum absolute atomic E-state index is 0.324. The summed E-state index contributed by atoms with van der Waals surface area (Å²) in [5.41, 5.74) is 9.16. The van der Waals surface area contributed by atoms with Crippen LogP contribution in [0, 0.1) is 5.41 Å². The van der Waals surface area contributed by atoms with Gasteiger partial charge in [0.05, 0.1) is 0 Å². The lowest BCUT2D eigenvalue weighted by atomic mass is 9.61. The first-order valence-corrected chi connectivity index (χ1v) is 7.26. The highest BCUT2D eigenvalue weighted by Gasteiger charge is 2.41. The highest BCUT2D eigenvalue weighted by atomic mass is 16.1. The van der Waals surface area contributed by atoms with E-state index in [2.05, 4.69) is 18.3 Å². The van der Waals surface area contributed by atoms with Gasteiger partial charge in [-0.1, -0.05) is 13.0 Å². The molecule has 2 aliphatic rings. The van der Waals surface area contributed by atoms with Crippen molar-refractivity contribution in [2.75, 3.05) is 13.1 Å². The van der Waals surface area contributed by atoms with Crippen LogP contribution in [0.25, 0.3) is 0 Å². The van der Waals surface area contributed by atoms with Crippen molar-refractivity contribution >= 4 is 5.91 Å². The smallest absolute Gasteiger partial charge is 0.248 e. The fraction of sp³-hybridized carbons (Fsp3) is 0.562. The van der Waals surface area contributed by atoms with Crippen molar-refractivity contribution in [1.82, 2.24) is 5.32 Å². The predicted octanol–water partition coefficient (Wildman–Crippen LogP) is 2.21. The largest absolute Gasteiger partial charge is 0.366 e. The van der Waals surface area contributed by atoms with E-state index < -0.39 is 0 Å². The van der Waals surface area contributed by atoms with Crippen LogP contribution in [0.15, 0.2) is 18.2 Å². The lowest BCUT2D eigenvalue weighted by Crippen LogP contribution is -2.45. The average Bonchev–Trinajstić information content (AvgIpc) is 2.44. The maximum Gasteiger partial charge on any atom is 0.248 e. The summed E-state index contributed by atoms with van der Waals surface area (Å²) in [6.45, 7) is 4.63. The molecule has 1 amide bonds. The molecule has 0 radical (unpaired) electrons. The number of aryl methyl sites for hydroxylation is 1. The molecule has 1 aromatic carbocycles. The van der Waals surface area contributed by atoms with Crippen LogP contribution < -0.4 is 11.1 Å². The molecule has 0 aromatic heterocycles. The second-order valence-electron chi connectivity index (χ2n) is 6.14. The van der Waals surface area contributed by atoms with Crippen LogP contribution in [0.3, 0.4) is 0 Å². The first kappa shape index (κ1) is 12.7. The summed E-state index contributed by atoms with van der Waals surface area (Å²) in [5, 5.41) is 3.56. The van der Waals surface area contributed by atoms with E-state index in [-0.39, 0.29) is 5.91 Å². The van der Waals surface area contributed by atoms with E-state index in [1.165, 1.54) is 30.4 Å². The Morgan fingerprint density at radius 2 is 2.26 bits per heavy atom. The molecule has 1 saturated heterocycles. The average molecular weight is 258 g/mol. The number of fused-ring (bicyclic) bond motifs is 1. The fourth-order valence-electron chi connectivity index (χ4n) is 3.90. The van der Waals surface area contributed by atoms with Gasteiger partial charge in [0.2, 0.25) is 5.91 Å². The van der Waals surface area contributed by atoms with Gasteiger partial charge in [0.15, 0.2) is 0 Å². The Labute approximate surface area is 114 Å². The minimum Gasteiger partial charge on any atom is -0.366 e. The number of nitrogens with one attached hydrogen (secondary N) is 1. The third-order valence-electron chi connectivity index (χ3n) is 5.21. The van der Waals surface area contributed by atoms with Crippen LogP contribution in [0.4, 0.5) is 0 Å². The molecule has 19 heavy (non-hydrogen) atoms. The van der Waals surface area contributed by atoms with Crippen molar-refractivity contribution in [1.29, 1.82) is 0 Å². The van der Waals surface area contributed by atoms with Gasteiger partial charge < -0.3 is 11.1 Å². The van der Waals surface area contributed by atoms with Gasteiger partial charge in [-0.25, -0.2) is 0 Å². The normalized spacial score (nSPS) is 30.1. The Kier molecular flexibility index (Phi) is 3.09. The maximum atomic E-state index is 11.3. The molecule has 102 valence electrons. The number of piperidine rings is 1. The zero-order chi connectivity index (χ0) is 13.5. The number of benzene rings is 1. The van der Waals surface area contributed by atoms with E-state index >= 15 is 0 Å². The number of primary amides is 1. The van der Waals surface area contributed by atoms with Crippen LogP contribution in [0.5, 0.6) is 0 Å². The number of hydrogen-bond acceptors (Lipinski definition) is 2. The molecule has 2 unspecified atom stereocenters. The number of carbonyl (C=O) groups excluding carboxylic acids is 1. The second-order valence-corrected chi connectivity index (χ2v) is 6.14. The standard InChI is InChI=1S/C16H22N2O/c1-11-14-4-3-13(15(17)19)9-12(14)5-7-16(11)6-2-8-18-10-16/h3-4,9,11,18H,2,5-8,10H2,1H3,(H2,17,19). The molecule has 0 bridgehead atoms. The second kappa shape index (κ2) is 4.64. The van der Waals surface area contributed by atoms with E-state index in [0.29, 0.717) is 16.9 Å². The molecule has 1 spiro atoms. The number of carbonyl (C=O) groups is 1. The van der Waals surface area contributed by atoms with Crippen molar-refractivity contribution in [2.24, 2.45) is 11.1 Å². The molecule has 2 atom stereocenters. The van der Waals surface area contributed by atoms with E-state index in [4.69, 9.17) is 5.73 Å². The van der Waals surface area contributed by atoms with Crippen molar-refractivity contribution in [3.63, 3.8) is 0 Å². The number of nitrogens with two attached hydrogens (primary N) is 1. The van der Waals surface area contributed by atoms with Crippen LogP contribution in [0.2, 0.25) is 0 Å². The van der Waals surface area contributed by atoms with Crippen LogP contribution in [-0.4, -0.2) is 19.0 Å². The zero-order valence-electron chi connectivity index (χ0n) is 11.5. The van der Waals surface area contributed by atoms with Gasteiger partial charge in [0, 0.05) is 12.1 Å². The van der Waals surface area contributed by atoms with Crippen molar-refractivity contribution in [3.05, 3.63) is 34.9 Å². The fourth-order valence-corrected chi connectivity index (χ4v) is 3.90. The molecule has 0 saturated carbocycles. The third-order valence-corrected chi connectivity index (χ3v) is 5.21. The van der Waals surface area contributed by atoms with Gasteiger partial charge in [-0.2, -0.15) is 0 Å². The van der Waals surface area contributed by atoms with Crippen LogP contribution >= 0.6 is 0 Å². The van der Waals surface area contributed by atoms with E-state index in [1.807, 2.05) is 12.1 Å². The summed E-state index contributed by atoms with van der Waals surface area (Å²) in [7, 11) is 0. The highest BCUT2D eigenvalue weighted by Crippen LogP contribution is 2.49. The summed E-state index contributed by atoms with van der Waals surface area (Å²) in [6, 6.07) is 6.00. The molecule has 1 heterocycles. The summed E-state index contributed by atoms with van der Waals surface area (Å²) in [6.07, 6.45) is 4.88. The van der Waals surface area contributed by atoms with Crippen LogP contribution in [-0.2, 0) is 6.42 Å². The van der Waals surface area contributed by atoms with E-state index in [9.17, 15) is 4.79 Å². The van der Waals surface area contributed by atoms with Gasteiger partial charge in [-0.05, 0) is 66.8 Å². The Morgan fingerprint density at radius 1 is 1.42 bits per heavy atom. The van der Waals surface area contributed by atoms with Crippen LogP contribution in [0.1, 0.15) is 53.6 Å². The van der Waals surface area contributed by atoms with E-state index in [0.717, 1.165) is 19.5 Å². The number of amides is 1. The Bertz CT molecular complexity index is 503. The van der Waals surface area contributed by atoms with Gasteiger partial charge in [0.25, 0.3) is 0 Å².